The quantitative estimate of drug-likeness (QED) is 0.828. The van der Waals surface area contributed by atoms with Gasteiger partial charge in [0.25, 0.3) is 5.91 Å². The van der Waals surface area contributed by atoms with Crippen molar-refractivity contribution in [2.45, 2.75) is 25.5 Å². The van der Waals surface area contributed by atoms with Crippen molar-refractivity contribution in [1.82, 2.24) is 4.90 Å². The highest BCUT2D eigenvalue weighted by atomic mass is 16.5. The minimum atomic E-state index is -0.510. The monoisotopic (exact) mass is 385 g/mol. The number of rotatable bonds is 6. The van der Waals surface area contributed by atoms with Crippen LogP contribution in [0.4, 0.5) is 0 Å². The number of hydrogen-bond acceptors (Lipinski definition) is 5. The summed E-state index contributed by atoms with van der Waals surface area (Å²) in [7, 11) is 3.15. The molecule has 0 saturated carbocycles. The minimum absolute atomic E-state index is 0.0565. The molecule has 1 N–H and O–H groups in total. The molecule has 1 amide bonds. The van der Waals surface area contributed by atoms with Gasteiger partial charge in [0.15, 0.2) is 11.5 Å². The van der Waals surface area contributed by atoms with E-state index in [2.05, 4.69) is 0 Å². The van der Waals surface area contributed by atoms with E-state index in [-0.39, 0.29) is 12.5 Å². The number of carbonyl (C=O) groups excluding carboxylic acids is 1. The Bertz CT molecular complexity index is 822. The second-order valence-corrected chi connectivity index (χ2v) is 6.66. The zero-order chi connectivity index (χ0) is 20.1. The van der Waals surface area contributed by atoms with Crippen LogP contribution in [0, 0.1) is 0 Å². The maximum absolute atomic E-state index is 13.4. The third-order valence-electron chi connectivity index (χ3n) is 5.17. The van der Waals surface area contributed by atoms with Crippen LogP contribution in [0.25, 0.3) is 0 Å². The third kappa shape index (κ3) is 3.84. The van der Waals surface area contributed by atoms with Crippen LogP contribution in [0.2, 0.25) is 0 Å². The van der Waals surface area contributed by atoms with Crippen LogP contribution in [-0.2, 0) is 11.2 Å². The fourth-order valence-corrected chi connectivity index (χ4v) is 3.74. The number of benzene rings is 2. The molecule has 1 aliphatic rings. The van der Waals surface area contributed by atoms with Crippen molar-refractivity contribution in [3.63, 3.8) is 0 Å². The molecule has 0 radical (unpaired) electrons. The Kier molecular flexibility index (Phi) is 6.54. The van der Waals surface area contributed by atoms with E-state index >= 15 is 0 Å². The molecule has 6 heteroatoms. The summed E-state index contributed by atoms with van der Waals surface area (Å²) in [5, 5.41) is 9.90. The molecule has 28 heavy (non-hydrogen) atoms. The number of carbonyl (C=O) groups is 1. The van der Waals surface area contributed by atoms with E-state index in [0.29, 0.717) is 30.2 Å². The Morgan fingerprint density at radius 2 is 1.93 bits per heavy atom. The lowest BCUT2D eigenvalue weighted by molar-refractivity contribution is -0.0812. The summed E-state index contributed by atoms with van der Waals surface area (Å²) in [6.07, 6.45) is 0.265. The Labute approximate surface area is 165 Å². The van der Waals surface area contributed by atoms with Gasteiger partial charge < -0.3 is 24.2 Å². The molecule has 1 aliphatic heterocycles. The molecule has 1 heterocycles. The first-order valence-electron chi connectivity index (χ1n) is 9.47. The van der Waals surface area contributed by atoms with Gasteiger partial charge in [-0.3, -0.25) is 4.79 Å². The number of aliphatic hydroxyl groups excluding tert-OH is 1. The van der Waals surface area contributed by atoms with Gasteiger partial charge in [-0.2, -0.15) is 0 Å². The lowest BCUT2D eigenvalue weighted by Crippen LogP contribution is -2.49. The Hall–Kier alpha value is -2.57. The third-order valence-corrected chi connectivity index (χ3v) is 5.17. The SMILES string of the molecule is CCc1ccccc1C(=O)N1CCOC(CO)C1c1ccc(OC)c(OC)c1. The van der Waals surface area contributed by atoms with E-state index in [1.54, 1.807) is 25.2 Å². The van der Waals surface area contributed by atoms with Crippen molar-refractivity contribution < 1.29 is 24.1 Å². The molecule has 6 nitrogen and oxygen atoms in total. The van der Waals surface area contributed by atoms with Gasteiger partial charge in [0, 0.05) is 12.1 Å². The average molecular weight is 385 g/mol. The first-order valence-corrected chi connectivity index (χ1v) is 9.47. The van der Waals surface area contributed by atoms with Crippen LogP contribution in [0.3, 0.4) is 0 Å². The van der Waals surface area contributed by atoms with Gasteiger partial charge >= 0.3 is 0 Å². The number of aliphatic hydroxyl groups is 1. The van der Waals surface area contributed by atoms with Crippen molar-refractivity contribution in [3.8, 4) is 11.5 Å². The summed E-state index contributed by atoms with van der Waals surface area (Å²) in [6, 6.07) is 12.8. The van der Waals surface area contributed by atoms with Gasteiger partial charge in [-0.25, -0.2) is 0 Å². The van der Waals surface area contributed by atoms with Crippen molar-refractivity contribution in [2.24, 2.45) is 0 Å². The summed E-state index contributed by atoms with van der Waals surface area (Å²) in [6.45, 7) is 2.69. The Morgan fingerprint density at radius 1 is 1.18 bits per heavy atom. The van der Waals surface area contributed by atoms with Gasteiger partial charge in [-0.15, -0.1) is 0 Å². The topological polar surface area (TPSA) is 68.2 Å². The molecule has 1 saturated heterocycles. The minimum Gasteiger partial charge on any atom is -0.493 e. The number of aryl methyl sites for hydroxylation is 1. The van der Waals surface area contributed by atoms with Crippen LogP contribution in [0.15, 0.2) is 42.5 Å². The predicted octanol–water partition coefficient (Wildman–Crippen LogP) is 2.84. The Balaban J connectivity index is 2.03. The van der Waals surface area contributed by atoms with Gasteiger partial charge in [-0.05, 0) is 35.7 Å². The van der Waals surface area contributed by atoms with Crippen LogP contribution in [0.1, 0.15) is 34.5 Å². The predicted molar refractivity (Wildman–Crippen MR) is 106 cm³/mol. The average Bonchev–Trinajstić information content (AvgIpc) is 2.77. The standard InChI is InChI=1S/C22H27NO5/c1-4-15-7-5-6-8-17(15)22(25)23-11-12-28-20(14-24)21(23)16-9-10-18(26-2)19(13-16)27-3/h5-10,13,20-21,24H,4,11-12,14H2,1-3H3. The molecule has 150 valence electrons. The molecule has 2 aromatic rings. The summed E-state index contributed by atoms with van der Waals surface area (Å²) in [4.78, 5) is 15.2. The highest BCUT2D eigenvalue weighted by Crippen LogP contribution is 2.36. The van der Waals surface area contributed by atoms with Crippen LogP contribution >= 0.6 is 0 Å². The molecular formula is C22H27NO5. The van der Waals surface area contributed by atoms with E-state index < -0.39 is 12.1 Å². The summed E-state index contributed by atoms with van der Waals surface area (Å²) in [5.41, 5.74) is 2.53. The van der Waals surface area contributed by atoms with Gasteiger partial charge in [0.2, 0.25) is 0 Å². The molecule has 2 unspecified atom stereocenters. The van der Waals surface area contributed by atoms with E-state index in [9.17, 15) is 9.90 Å². The first-order chi connectivity index (χ1) is 13.6. The van der Waals surface area contributed by atoms with Gasteiger partial charge in [0.05, 0.1) is 33.5 Å². The number of nitrogens with zero attached hydrogens (tertiary/aromatic N) is 1. The van der Waals surface area contributed by atoms with E-state index in [1.165, 1.54) is 0 Å². The van der Waals surface area contributed by atoms with Gasteiger partial charge in [0.1, 0.15) is 6.10 Å². The van der Waals surface area contributed by atoms with Crippen molar-refractivity contribution in [1.29, 1.82) is 0 Å². The summed E-state index contributed by atoms with van der Waals surface area (Å²) >= 11 is 0. The number of ether oxygens (including phenoxy) is 3. The van der Waals surface area contributed by atoms with E-state index in [1.807, 2.05) is 43.3 Å². The summed E-state index contributed by atoms with van der Waals surface area (Å²) < 4.78 is 16.5. The molecule has 2 aromatic carbocycles. The van der Waals surface area contributed by atoms with Crippen LogP contribution < -0.4 is 9.47 Å². The van der Waals surface area contributed by atoms with Crippen LogP contribution in [0.5, 0.6) is 11.5 Å². The number of amides is 1. The molecule has 1 fully saturated rings. The summed E-state index contributed by atoms with van der Waals surface area (Å²) in [5.74, 6) is 1.13. The molecule has 2 atom stereocenters. The molecule has 0 aliphatic carbocycles. The van der Waals surface area contributed by atoms with Crippen molar-refractivity contribution >= 4 is 5.91 Å². The fraction of sp³-hybridized carbons (Fsp3) is 0.409. The largest absolute Gasteiger partial charge is 0.493 e. The van der Waals surface area contributed by atoms with Crippen molar-refractivity contribution in [2.75, 3.05) is 34.0 Å². The molecule has 0 aromatic heterocycles. The second-order valence-electron chi connectivity index (χ2n) is 6.66. The van der Waals surface area contributed by atoms with E-state index in [4.69, 9.17) is 14.2 Å². The highest BCUT2D eigenvalue weighted by Gasteiger charge is 2.37. The maximum Gasteiger partial charge on any atom is 0.254 e. The molecular weight excluding hydrogens is 358 g/mol. The zero-order valence-electron chi connectivity index (χ0n) is 16.6. The second kappa shape index (κ2) is 9.08. The molecule has 0 spiro atoms. The maximum atomic E-state index is 13.4. The fourth-order valence-electron chi connectivity index (χ4n) is 3.74. The first kappa shape index (κ1) is 20.2. The smallest absolute Gasteiger partial charge is 0.254 e. The van der Waals surface area contributed by atoms with E-state index in [0.717, 1.165) is 17.5 Å². The number of methoxy groups -OCH3 is 2. The van der Waals surface area contributed by atoms with Crippen molar-refractivity contribution in [3.05, 3.63) is 59.2 Å². The molecule has 0 bridgehead atoms. The Morgan fingerprint density at radius 3 is 2.61 bits per heavy atom. The lowest BCUT2D eigenvalue weighted by atomic mass is 9.95. The molecule has 3 rings (SSSR count). The van der Waals surface area contributed by atoms with Crippen LogP contribution in [-0.4, -0.2) is 56.0 Å². The van der Waals surface area contributed by atoms with Gasteiger partial charge in [-0.1, -0.05) is 31.2 Å². The number of hydrogen-bond donors (Lipinski definition) is 1. The number of morpholine rings is 1. The normalized spacial score (nSPS) is 19.4. The zero-order valence-corrected chi connectivity index (χ0v) is 16.6. The lowest BCUT2D eigenvalue weighted by Gasteiger charge is -2.41. The highest BCUT2D eigenvalue weighted by molar-refractivity contribution is 5.96.